The summed E-state index contributed by atoms with van der Waals surface area (Å²) in [5, 5.41) is 5.28. The van der Waals surface area contributed by atoms with Crippen LogP contribution in [0.15, 0.2) is 59.2 Å². The van der Waals surface area contributed by atoms with Gasteiger partial charge in [-0.15, -0.1) is 0 Å². The predicted molar refractivity (Wildman–Crippen MR) is 114 cm³/mol. The fourth-order valence-corrected chi connectivity index (χ4v) is 5.67. The van der Waals surface area contributed by atoms with Gasteiger partial charge in [0.15, 0.2) is 21.2 Å². The highest BCUT2D eigenvalue weighted by Crippen LogP contribution is 2.36. The molecule has 0 saturated carbocycles. The lowest BCUT2D eigenvalue weighted by molar-refractivity contribution is 0.0603. The highest BCUT2D eigenvalue weighted by molar-refractivity contribution is 7.91. The molecule has 3 aromatic heterocycles. The monoisotopic (exact) mass is 437 g/mol. The standard InChI is InChI=1S/C22H19N3O5S/c1-29-22(26)16-12-17(18-8-5-10-30-18)23-21-19(16)20(14-6-3-2-4-7-14)24-25(21)15-9-11-31(27,28)13-15/h2-8,10,12,15H,9,11,13H2,1H3. The Morgan fingerprint density at radius 2 is 2.00 bits per heavy atom. The van der Waals surface area contributed by atoms with E-state index in [2.05, 4.69) is 0 Å². The zero-order chi connectivity index (χ0) is 21.6. The highest BCUT2D eigenvalue weighted by atomic mass is 32.2. The van der Waals surface area contributed by atoms with Crippen molar-refractivity contribution in [2.24, 2.45) is 0 Å². The number of ether oxygens (including phenoxy) is 1. The number of hydrogen-bond acceptors (Lipinski definition) is 7. The Kier molecular flexibility index (Phi) is 4.62. The lowest BCUT2D eigenvalue weighted by Gasteiger charge is -2.10. The minimum Gasteiger partial charge on any atom is -0.465 e. The van der Waals surface area contributed by atoms with Gasteiger partial charge >= 0.3 is 5.97 Å². The fraction of sp³-hybridized carbons (Fsp3) is 0.227. The maximum atomic E-state index is 12.8. The molecular weight excluding hydrogens is 418 g/mol. The Morgan fingerprint density at radius 1 is 1.19 bits per heavy atom. The molecule has 0 spiro atoms. The minimum absolute atomic E-state index is 0.0156. The van der Waals surface area contributed by atoms with Crippen LogP contribution >= 0.6 is 0 Å². The summed E-state index contributed by atoms with van der Waals surface area (Å²) >= 11 is 0. The van der Waals surface area contributed by atoms with Gasteiger partial charge in [-0.1, -0.05) is 30.3 Å². The molecule has 8 nitrogen and oxygen atoms in total. The average molecular weight is 437 g/mol. The van der Waals surface area contributed by atoms with Gasteiger partial charge in [0.2, 0.25) is 0 Å². The SMILES string of the molecule is COC(=O)c1cc(-c2ccco2)nc2c1c(-c1ccccc1)nn2C1CCS(=O)(=O)C1. The number of methoxy groups -OCH3 is 1. The number of pyridine rings is 1. The minimum atomic E-state index is -3.15. The van der Waals surface area contributed by atoms with Gasteiger partial charge in [0, 0.05) is 5.56 Å². The molecule has 0 amide bonds. The molecule has 4 aromatic rings. The number of furan rings is 1. The van der Waals surface area contributed by atoms with Gasteiger partial charge in [-0.05, 0) is 24.6 Å². The molecule has 1 atom stereocenters. The zero-order valence-corrected chi connectivity index (χ0v) is 17.5. The molecule has 0 radical (unpaired) electrons. The Bertz CT molecular complexity index is 1380. The molecule has 0 aliphatic carbocycles. The maximum Gasteiger partial charge on any atom is 0.338 e. The third-order valence-electron chi connectivity index (χ3n) is 5.44. The van der Waals surface area contributed by atoms with E-state index < -0.39 is 15.8 Å². The average Bonchev–Trinajstić information content (AvgIpc) is 3.51. The molecule has 4 heterocycles. The van der Waals surface area contributed by atoms with Crippen LogP contribution in [-0.4, -0.2) is 47.8 Å². The van der Waals surface area contributed by atoms with Crippen molar-refractivity contribution >= 4 is 26.8 Å². The summed E-state index contributed by atoms with van der Waals surface area (Å²) in [6.07, 6.45) is 1.96. The number of carbonyl (C=O) groups excluding carboxylic acids is 1. The molecule has 1 aliphatic rings. The van der Waals surface area contributed by atoms with Crippen LogP contribution in [0.5, 0.6) is 0 Å². The molecule has 9 heteroatoms. The summed E-state index contributed by atoms with van der Waals surface area (Å²) in [6.45, 7) is 0. The number of esters is 1. The van der Waals surface area contributed by atoms with Crippen LogP contribution in [0.3, 0.4) is 0 Å². The van der Waals surface area contributed by atoms with E-state index in [9.17, 15) is 13.2 Å². The van der Waals surface area contributed by atoms with Crippen LogP contribution in [0.4, 0.5) is 0 Å². The Morgan fingerprint density at radius 3 is 2.65 bits per heavy atom. The quantitative estimate of drug-likeness (QED) is 0.450. The number of nitrogens with zero attached hydrogens (tertiary/aromatic N) is 3. The molecule has 158 valence electrons. The largest absolute Gasteiger partial charge is 0.465 e. The molecule has 31 heavy (non-hydrogen) atoms. The van der Waals surface area contributed by atoms with Gasteiger partial charge in [-0.3, -0.25) is 0 Å². The third kappa shape index (κ3) is 3.40. The number of sulfone groups is 1. The van der Waals surface area contributed by atoms with Crippen LogP contribution in [0, 0.1) is 0 Å². The number of rotatable bonds is 4. The summed E-state index contributed by atoms with van der Waals surface area (Å²) in [5.74, 6) is 0.0377. The molecular formula is C22H19N3O5S. The van der Waals surface area contributed by atoms with Crippen molar-refractivity contribution in [3.8, 4) is 22.7 Å². The first-order valence-electron chi connectivity index (χ1n) is 9.78. The molecule has 1 aliphatic heterocycles. The normalized spacial score (nSPS) is 17.8. The molecule has 0 N–H and O–H groups in total. The first kappa shape index (κ1) is 19.5. The van der Waals surface area contributed by atoms with Crippen molar-refractivity contribution in [2.45, 2.75) is 12.5 Å². The summed E-state index contributed by atoms with van der Waals surface area (Å²) in [5.41, 5.74) is 2.52. The molecule has 1 unspecified atom stereocenters. The summed E-state index contributed by atoms with van der Waals surface area (Å²) in [7, 11) is -1.83. The van der Waals surface area contributed by atoms with Crippen LogP contribution in [0.1, 0.15) is 22.8 Å². The van der Waals surface area contributed by atoms with E-state index in [-0.39, 0.29) is 17.5 Å². The number of carbonyl (C=O) groups is 1. The van der Waals surface area contributed by atoms with E-state index in [1.807, 2.05) is 30.3 Å². The number of benzene rings is 1. The topological polar surface area (TPSA) is 104 Å². The summed E-state index contributed by atoms with van der Waals surface area (Å²) in [6, 6.07) is 14.2. The van der Waals surface area contributed by atoms with Gasteiger partial charge in [-0.25, -0.2) is 22.9 Å². The summed E-state index contributed by atoms with van der Waals surface area (Å²) < 4.78 is 36.5. The number of aromatic nitrogens is 3. The number of fused-ring (bicyclic) bond motifs is 1. The zero-order valence-electron chi connectivity index (χ0n) is 16.7. The first-order valence-corrected chi connectivity index (χ1v) is 11.6. The van der Waals surface area contributed by atoms with Crippen LogP contribution in [0.2, 0.25) is 0 Å². The second kappa shape index (κ2) is 7.35. The smallest absolute Gasteiger partial charge is 0.338 e. The molecule has 5 rings (SSSR count). The van der Waals surface area contributed by atoms with Gasteiger partial charge < -0.3 is 9.15 Å². The molecule has 0 bridgehead atoms. The second-order valence-electron chi connectivity index (χ2n) is 7.44. The van der Waals surface area contributed by atoms with E-state index in [1.54, 1.807) is 22.9 Å². The van der Waals surface area contributed by atoms with Crippen LogP contribution < -0.4 is 0 Å². The Hall–Kier alpha value is -3.46. The number of hydrogen-bond donors (Lipinski definition) is 0. The third-order valence-corrected chi connectivity index (χ3v) is 7.19. The second-order valence-corrected chi connectivity index (χ2v) is 9.67. The fourth-order valence-electron chi connectivity index (χ4n) is 3.98. The van der Waals surface area contributed by atoms with E-state index in [0.717, 1.165) is 5.56 Å². The van der Waals surface area contributed by atoms with Gasteiger partial charge in [0.25, 0.3) is 0 Å². The highest BCUT2D eigenvalue weighted by Gasteiger charge is 2.33. The van der Waals surface area contributed by atoms with Gasteiger partial charge in [-0.2, -0.15) is 5.10 Å². The first-order chi connectivity index (χ1) is 15.0. The van der Waals surface area contributed by atoms with Gasteiger partial charge in [0.05, 0.1) is 41.9 Å². The predicted octanol–water partition coefficient (Wildman–Crippen LogP) is 3.50. The van der Waals surface area contributed by atoms with Gasteiger partial charge in [0.1, 0.15) is 11.4 Å². The Balaban J connectivity index is 1.84. The van der Waals surface area contributed by atoms with Crippen molar-refractivity contribution < 1.29 is 22.4 Å². The van der Waals surface area contributed by atoms with E-state index in [4.69, 9.17) is 19.2 Å². The van der Waals surface area contributed by atoms with Crippen molar-refractivity contribution in [3.63, 3.8) is 0 Å². The maximum absolute atomic E-state index is 12.8. The molecule has 1 aromatic carbocycles. The molecule has 1 fully saturated rings. The van der Waals surface area contributed by atoms with Crippen LogP contribution in [0.25, 0.3) is 33.7 Å². The lowest BCUT2D eigenvalue weighted by Crippen LogP contribution is -2.13. The van der Waals surface area contributed by atoms with Crippen molar-refractivity contribution in [3.05, 3.63) is 60.4 Å². The van der Waals surface area contributed by atoms with Crippen molar-refractivity contribution in [2.75, 3.05) is 18.6 Å². The summed E-state index contributed by atoms with van der Waals surface area (Å²) in [4.78, 5) is 17.5. The van der Waals surface area contributed by atoms with E-state index >= 15 is 0 Å². The van der Waals surface area contributed by atoms with E-state index in [0.29, 0.717) is 40.2 Å². The van der Waals surface area contributed by atoms with Crippen molar-refractivity contribution in [1.29, 1.82) is 0 Å². The Labute approximate surface area is 178 Å². The van der Waals surface area contributed by atoms with Crippen LogP contribution in [-0.2, 0) is 14.6 Å². The molecule has 1 saturated heterocycles. The lowest BCUT2D eigenvalue weighted by atomic mass is 10.0. The van der Waals surface area contributed by atoms with Crippen molar-refractivity contribution in [1.82, 2.24) is 14.8 Å². The van der Waals surface area contributed by atoms with E-state index in [1.165, 1.54) is 13.4 Å².